The van der Waals surface area contributed by atoms with E-state index in [1.165, 1.54) is 0 Å². The van der Waals surface area contributed by atoms with Crippen LogP contribution in [-0.2, 0) is 7.05 Å². The van der Waals surface area contributed by atoms with Gasteiger partial charge in [0.05, 0.1) is 0 Å². The normalized spacial score (nSPS) is 10.5. The predicted octanol–water partition coefficient (Wildman–Crippen LogP) is 1.03. The van der Waals surface area contributed by atoms with E-state index in [9.17, 15) is 0 Å². The Balaban J connectivity index is 0.00000225. The Kier molecular flexibility index (Phi) is 10.5. The molecule has 0 aliphatic rings. The summed E-state index contributed by atoms with van der Waals surface area (Å²) in [6.45, 7) is 1.88. The summed E-state index contributed by atoms with van der Waals surface area (Å²) in [7, 11) is 1.85. The Labute approximate surface area is 182 Å². The monoisotopic (exact) mass is 453 g/mol. The average molecular weight is 454 g/mol. The Bertz CT molecular complexity index is 1070. The smallest absolute Gasteiger partial charge is 0.317 e. The van der Waals surface area contributed by atoms with Gasteiger partial charge in [-0.15, -0.1) is 5.10 Å². The summed E-state index contributed by atoms with van der Waals surface area (Å²) in [5.41, 5.74) is 2.41. The minimum Gasteiger partial charge on any atom is -0.454 e. The predicted molar refractivity (Wildman–Crippen MR) is 115 cm³/mol. The molecule has 8 N–H and O–H groups in total. The molecule has 0 bridgehead atoms. The van der Waals surface area contributed by atoms with E-state index >= 15 is 0 Å². The SMILES string of the molecule is C[C@@H](Oc1nnc(-c2ccncc2)n1C)c1cc(-c2cccc(Cl)c2)on1.O.O.O.O. The van der Waals surface area contributed by atoms with Gasteiger partial charge in [-0.25, -0.2) is 0 Å². The maximum absolute atomic E-state index is 6.03. The minimum atomic E-state index is -0.366. The second-order valence-electron chi connectivity index (χ2n) is 5.99. The highest BCUT2D eigenvalue weighted by atomic mass is 35.5. The van der Waals surface area contributed by atoms with Crippen LogP contribution in [0.15, 0.2) is 59.4 Å². The molecule has 0 spiro atoms. The van der Waals surface area contributed by atoms with Crippen molar-refractivity contribution < 1.29 is 31.2 Å². The number of benzene rings is 1. The van der Waals surface area contributed by atoms with E-state index in [2.05, 4.69) is 20.3 Å². The molecule has 0 fully saturated rings. The number of ether oxygens (including phenoxy) is 1. The summed E-state index contributed by atoms with van der Waals surface area (Å²) >= 11 is 6.03. The molecule has 0 aliphatic heterocycles. The number of hydrogen-bond donors (Lipinski definition) is 0. The van der Waals surface area contributed by atoms with Crippen LogP contribution < -0.4 is 4.74 Å². The molecule has 0 saturated carbocycles. The highest BCUT2D eigenvalue weighted by Crippen LogP contribution is 2.28. The number of hydrogen-bond acceptors (Lipinski definition) is 6. The highest BCUT2D eigenvalue weighted by molar-refractivity contribution is 6.30. The van der Waals surface area contributed by atoms with Crippen molar-refractivity contribution in [2.45, 2.75) is 13.0 Å². The zero-order chi connectivity index (χ0) is 18.8. The van der Waals surface area contributed by atoms with Crippen molar-refractivity contribution in [2.24, 2.45) is 7.05 Å². The summed E-state index contributed by atoms with van der Waals surface area (Å²) in [6.07, 6.45) is 3.05. The maximum atomic E-state index is 6.03. The number of rotatable bonds is 5. The Morgan fingerprint density at radius 1 is 0.968 bits per heavy atom. The van der Waals surface area contributed by atoms with Gasteiger partial charge in [-0.1, -0.05) is 34.0 Å². The van der Waals surface area contributed by atoms with Crippen molar-refractivity contribution in [3.63, 3.8) is 0 Å². The third kappa shape index (κ3) is 5.84. The largest absolute Gasteiger partial charge is 0.454 e. The fraction of sp³-hybridized carbons (Fsp3) is 0.158. The van der Waals surface area contributed by atoms with Gasteiger partial charge in [0.1, 0.15) is 11.8 Å². The fourth-order valence-corrected chi connectivity index (χ4v) is 2.84. The van der Waals surface area contributed by atoms with Crippen LogP contribution in [-0.4, -0.2) is 46.8 Å². The molecule has 0 amide bonds. The molecule has 3 aromatic heterocycles. The first kappa shape index (κ1) is 27.6. The summed E-state index contributed by atoms with van der Waals surface area (Å²) in [6, 6.07) is 13.4. The second kappa shape index (κ2) is 11.7. The molecule has 1 atom stereocenters. The average Bonchev–Trinajstić information content (AvgIpc) is 3.31. The van der Waals surface area contributed by atoms with Crippen LogP contribution in [0.25, 0.3) is 22.7 Å². The molecule has 0 aliphatic carbocycles. The standard InChI is InChI=1S/C19H16ClN5O2.4H2O/c1-12(16-11-17(27-24-16)14-4-3-5-15(20)10-14)26-19-23-22-18(25(19)2)13-6-8-21-9-7-13;;;;/h3-12H,1-2H3;4*1H2/t12-;;;;/m1..../s1. The molecule has 4 aromatic rings. The Morgan fingerprint density at radius 2 is 1.68 bits per heavy atom. The van der Waals surface area contributed by atoms with E-state index < -0.39 is 0 Å². The lowest BCUT2D eigenvalue weighted by Crippen LogP contribution is -2.07. The molecular formula is C19H24ClN5O6. The molecule has 0 unspecified atom stereocenters. The third-order valence-electron chi connectivity index (χ3n) is 4.11. The lowest BCUT2D eigenvalue weighted by molar-refractivity contribution is 0.190. The fourth-order valence-electron chi connectivity index (χ4n) is 2.65. The zero-order valence-electron chi connectivity index (χ0n) is 16.7. The molecule has 1 aromatic carbocycles. The summed E-state index contributed by atoms with van der Waals surface area (Å²) < 4.78 is 13.1. The number of halogens is 1. The third-order valence-corrected chi connectivity index (χ3v) is 4.34. The lowest BCUT2D eigenvalue weighted by Gasteiger charge is -2.10. The van der Waals surface area contributed by atoms with Gasteiger partial charge in [0.15, 0.2) is 11.6 Å². The van der Waals surface area contributed by atoms with E-state index in [0.29, 0.717) is 28.3 Å². The number of pyridine rings is 1. The van der Waals surface area contributed by atoms with Gasteiger partial charge in [-0.05, 0) is 31.2 Å². The van der Waals surface area contributed by atoms with Crippen LogP contribution in [0.2, 0.25) is 5.02 Å². The van der Waals surface area contributed by atoms with Gasteiger partial charge in [-0.3, -0.25) is 9.55 Å². The van der Waals surface area contributed by atoms with E-state index in [1.807, 2.05) is 56.4 Å². The topological polar surface area (TPSA) is 205 Å². The van der Waals surface area contributed by atoms with Gasteiger partial charge in [0.2, 0.25) is 0 Å². The molecular weight excluding hydrogens is 430 g/mol. The highest BCUT2D eigenvalue weighted by Gasteiger charge is 2.19. The van der Waals surface area contributed by atoms with Crippen molar-refractivity contribution in [1.82, 2.24) is 24.9 Å². The Hall–Kier alpha value is -3.35. The first-order chi connectivity index (χ1) is 13.1. The van der Waals surface area contributed by atoms with Crippen molar-refractivity contribution in [3.05, 3.63) is 65.6 Å². The van der Waals surface area contributed by atoms with E-state index in [-0.39, 0.29) is 28.0 Å². The van der Waals surface area contributed by atoms with Crippen LogP contribution in [0, 0.1) is 0 Å². The minimum absolute atomic E-state index is 0. The van der Waals surface area contributed by atoms with Gasteiger partial charge >= 0.3 is 6.01 Å². The van der Waals surface area contributed by atoms with Crippen LogP contribution in [0.4, 0.5) is 0 Å². The molecule has 11 nitrogen and oxygen atoms in total. The van der Waals surface area contributed by atoms with Gasteiger partial charge in [0.25, 0.3) is 0 Å². The Morgan fingerprint density at radius 3 is 2.35 bits per heavy atom. The van der Waals surface area contributed by atoms with E-state index in [4.69, 9.17) is 20.9 Å². The lowest BCUT2D eigenvalue weighted by atomic mass is 10.1. The van der Waals surface area contributed by atoms with Crippen molar-refractivity contribution >= 4 is 11.6 Å². The van der Waals surface area contributed by atoms with Crippen LogP contribution in [0.5, 0.6) is 6.01 Å². The van der Waals surface area contributed by atoms with Gasteiger partial charge < -0.3 is 31.2 Å². The quantitative estimate of drug-likeness (QED) is 0.430. The first-order valence-electron chi connectivity index (χ1n) is 8.31. The summed E-state index contributed by atoms with van der Waals surface area (Å²) in [4.78, 5) is 4.01. The molecule has 168 valence electrons. The van der Waals surface area contributed by atoms with E-state index in [1.54, 1.807) is 17.0 Å². The van der Waals surface area contributed by atoms with Crippen molar-refractivity contribution in [1.29, 1.82) is 0 Å². The van der Waals surface area contributed by atoms with Crippen LogP contribution in [0.1, 0.15) is 18.7 Å². The summed E-state index contributed by atoms with van der Waals surface area (Å²) in [5, 5.41) is 13.1. The number of aromatic nitrogens is 5. The van der Waals surface area contributed by atoms with Crippen molar-refractivity contribution in [2.75, 3.05) is 0 Å². The second-order valence-corrected chi connectivity index (χ2v) is 6.42. The van der Waals surface area contributed by atoms with Gasteiger partial charge in [0, 0.05) is 41.7 Å². The van der Waals surface area contributed by atoms with Crippen molar-refractivity contribution in [3.8, 4) is 28.7 Å². The molecule has 3 heterocycles. The van der Waals surface area contributed by atoms with Crippen LogP contribution >= 0.6 is 11.6 Å². The summed E-state index contributed by atoms with van der Waals surface area (Å²) in [5.74, 6) is 1.32. The maximum Gasteiger partial charge on any atom is 0.317 e. The van der Waals surface area contributed by atoms with E-state index in [0.717, 1.165) is 11.1 Å². The van der Waals surface area contributed by atoms with Crippen LogP contribution in [0.3, 0.4) is 0 Å². The number of nitrogens with zero attached hydrogens (tertiary/aromatic N) is 5. The zero-order valence-corrected chi connectivity index (χ0v) is 17.5. The molecule has 0 saturated heterocycles. The molecule has 0 radical (unpaired) electrons. The molecule has 31 heavy (non-hydrogen) atoms. The first-order valence-corrected chi connectivity index (χ1v) is 8.68. The molecule has 12 heteroatoms. The molecule has 4 rings (SSSR count). The van der Waals surface area contributed by atoms with Gasteiger partial charge in [-0.2, -0.15) is 0 Å².